The van der Waals surface area contributed by atoms with Crippen LogP contribution < -0.4 is 4.74 Å². The highest BCUT2D eigenvalue weighted by atomic mass is 16.5. The van der Waals surface area contributed by atoms with Gasteiger partial charge in [-0.15, -0.1) is 0 Å². The van der Waals surface area contributed by atoms with E-state index in [1.165, 1.54) is 18.4 Å². The Bertz CT molecular complexity index is 656. The molecule has 3 rings (SSSR count). The first-order valence-corrected chi connectivity index (χ1v) is 7.30. The molecule has 0 atom stereocenters. The van der Waals surface area contributed by atoms with Crippen molar-refractivity contribution in [2.24, 2.45) is 0 Å². The van der Waals surface area contributed by atoms with Crippen LogP contribution in [-0.2, 0) is 0 Å². The molecule has 105 valence electrons. The van der Waals surface area contributed by atoms with E-state index < -0.39 is 0 Å². The fourth-order valence-corrected chi connectivity index (χ4v) is 2.49. The maximum Gasteiger partial charge on any atom is 0.343 e. The van der Waals surface area contributed by atoms with E-state index in [0.717, 1.165) is 18.4 Å². The third-order valence-corrected chi connectivity index (χ3v) is 3.59. The molecular weight excluding hydrogens is 260 g/mol. The van der Waals surface area contributed by atoms with E-state index in [2.05, 4.69) is 6.08 Å². The maximum absolute atomic E-state index is 12.1. The van der Waals surface area contributed by atoms with Crippen LogP contribution in [0, 0.1) is 6.08 Å². The number of benzene rings is 2. The number of hydrogen-bond donors (Lipinski definition) is 0. The Labute approximate surface area is 125 Å². The summed E-state index contributed by atoms with van der Waals surface area (Å²) in [5.74, 6) is 0.260. The summed E-state index contributed by atoms with van der Waals surface area (Å²) < 4.78 is 5.45. The second kappa shape index (κ2) is 6.40. The van der Waals surface area contributed by atoms with E-state index >= 15 is 0 Å². The van der Waals surface area contributed by atoms with Crippen molar-refractivity contribution in [2.75, 3.05) is 0 Å². The fourth-order valence-electron chi connectivity index (χ4n) is 2.49. The molecule has 1 aliphatic rings. The highest BCUT2D eigenvalue weighted by Crippen LogP contribution is 2.28. The highest BCUT2D eigenvalue weighted by Gasteiger charge is 2.10. The quantitative estimate of drug-likeness (QED) is 0.602. The zero-order chi connectivity index (χ0) is 14.5. The minimum atomic E-state index is -0.325. The SMILES string of the molecule is O=C(Oc1cccc(C2=[C]CCCC2)c1)c1ccccc1. The third kappa shape index (κ3) is 3.40. The summed E-state index contributed by atoms with van der Waals surface area (Å²) >= 11 is 0. The molecule has 0 saturated carbocycles. The van der Waals surface area contributed by atoms with Crippen LogP contribution in [0.15, 0.2) is 54.6 Å². The maximum atomic E-state index is 12.1. The summed E-state index contributed by atoms with van der Waals surface area (Å²) in [4.78, 5) is 12.1. The van der Waals surface area contributed by atoms with E-state index in [1.807, 2.05) is 42.5 Å². The Hall–Kier alpha value is -2.35. The molecule has 2 aromatic rings. The molecule has 21 heavy (non-hydrogen) atoms. The Morgan fingerprint density at radius 1 is 1.00 bits per heavy atom. The highest BCUT2D eigenvalue weighted by molar-refractivity contribution is 5.91. The first-order valence-electron chi connectivity index (χ1n) is 7.30. The predicted octanol–water partition coefficient (Wildman–Crippen LogP) is 4.67. The average molecular weight is 277 g/mol. The lowest BCUT2D eigenvalue weighted by Crippen LogP contribution is -2.08. The number of carbonyl (C=O) groups excluding carboxylic acids is 1. The van der Waals surface area contributed by atoms with Crippen molar-refractivity contribution < 1.29 is 9.53 Å². The van der Waals surface area contributed by atoms with Gasteiger partial charge in [-0.1, -0.05) is 30.3 Å². The molecule has 1 aliphatic carbocycles. The van der Waals surface area contributed by atoms with Gasteiger partial charge in [0.15, 0.2) is 0 Å². The molecule has 1 radical (unpaired) electrons. The van der Waals surface area contributed by atoms with Crippen LogP contribution in [0.3, 0.4) is 0 Å². The van der Waals surface area contributed by atoms with Crippen LogP contribution >= 0.6 is 0 Å². The zero-order valence-electron chi connectivity index (χ0n) is 11.8. The molecule has 2 heteroatoms. The molecule has 0 fully saturated rings. The first kappa shape index (κ1) is 13.6. The molecule has 2 nitrogen and oxygen atoms in total. The summed E-state index contributed by atoms with van der Waals surface area (Å²) in [5.41, 5.74) is 2.90. The lowest BCUT2D eigenvalue weighted by Gasteiger charge is -2.13. The average Bonchev–Trinajstić information content (AvgIpc) is 2.57. The molecule has 0 amide bonds. The second-order valence-corrected chi connectivity index (χ2v) is 5.15. The zero-order valence-corrected chi connectivity index (χ0v) is 11.8. The summed E-state index contributed by atoms with van der Waals surface area (Å²) in [6, 6.07) is 16.8. The summed E-state index contributed by atoms with van der Waals surface area (Å²) in [5, 5.41) is 0. The van der Waals surface area contributed by atoms with Crippen molar-refractivity contribution in [3.05, 3.63) is 71.8 Å². The van der Waals surface area contributed by atoms with Gasteiger partial charge in [0.25, 0.3) is 0 Å². The van der Waals surface area contributed by atoms with Crippen molar-refractivity contribution in [2.45, 2.75) is 25.7 Å². The molecule has 0 heterocycles. The van der Waals surface area contributed by atoms with Gasteiger partial charge in [0.05, 0.1) is 5.56 Å². The molecule has 0 N–H and O–H groups in total. The van der Waals surface area contributed by atoms with Crippen LogP contribution in [0.5, 0.6) is 5.75 Å². The molecule has 0 spiro atoms. The van der Waals surface area contributed by atoms with E-state index in [-0.39, 0.29) is 5.97 Å². The Morgan fingerprint density at radius 3 is 2.62 bits per heavy atom. The van der Waals surface area contributed by atoms with Gasteiger partial charge in [0, 0.05) is 0 Å². The number of allylic oxidation sites excluding steroid dienone is 2. The van der Waals surface area contributed by atoms with E-state index in [1.54, 1.807) is 12.1 Å². The van der Waals surface area contributed by atoms with Gasteiger partial charge >= 0.3 is 5.97 Å². The first-order chi connectivity index (χ1) is 10.3. The van der Waals surface area contributed by atoms with Crippen LogP contribution in [0.4, 0.5) is 0 Å². The normalized spacial score (nSPS) is 14.4. The Balaban J connectivity index is 1.77. The fraction of sp³-hybridized carbons (Fsp3) is 0.211. The van der Waals surface area contributed by atoms with Gasteiger partial charge in [-0.05, 0) is 67.2 Å². The number of ether oxygens (including phenoxy) is 1. The largest absolute Gasteiger partial charge is 0.423 e. The molecule has 2 aromatic carbocycles. The molecule has 0 saturated heterocycles. The van der Waals surface area contributed by atoms with Crippen LogP contribution in [0.1, 0.15) is 41.6 Å². The Kier molecular flexibility index (Phi) is 4.15. The van der Waals surface area contributed by atoms with Crippen LogP contribution in [0.2, 0.25) is 0 Å². The van der Waals surface area contributed by atoms with Gasteiger partial charge in [-0.2, -0.15) is 0 Å². The number of hydrogen-bond acceptors (Lipinski definition) is 2. The lowest BCUT2D eigenvalue weighted by molar-refractivity contribution is 0.0735. The standard InChI is InChI=1S/C19H17O2/c20-19(16-10-5-2-6-11-16)21-18-13-7-12-17(14-18)15-8-3-1-4-9-15/h2,5-7,10-14H,1,3-4,8H2. The van der Waals surface area contributed by atoms with Gasteiger partial charge in [0.2, 0.25) is 0 Å². The monoisotopic (exact) mass is 277 g/mol. The molecule has 0 aromatic heterocycles. The Morgan fingerprint density at radius 2 is 1.86 bits per heavy atom. The van der Waals surface area contributed by atoms with Crippen molar-refractivity contribution >= 4 is 11.5 Å². The van der Waals surface area contributed by atoms with Crippen molar-refractivity contribution in [1.82, 2.24) is 0 Å². The number of rotatable bonds is 3. The van der Waals surface area contributed by atoms with Crippen molar-refractivity contribution in [1.29, 1.82) is 0 Å². The lowest BCUT2D eigenvalue weighted by atomic mass is 9.94. The van der Waals surface area contributed by atoms with Gasteiger partial charge in [-0.25, -0.2) is 4.79 Å². The minimum Gasteiger partial charge on any atom is -0.423 e. The summed E-state index contributed by atoms with van der Waals surface area (Å²) in [6.45, 7) is 0. The van der Waals surface area contributed by atoms with Gasteiger partial charge < -0.3 is 4.74 Å². The van der Waals surface area contributed by atoms with Crippen LogP contribution in [-0.4, -0.2) is 5.97 Å². The summed E-state index contributed by atoms with van der Waals surface area (Å²) in [7, 11) is 0. The molecule has 0 bridgehead atoms. The van der Waals surface area contributed by atoms with Gasteiger partial charge in [-0.3, -0.25) is 0 Å². The minimum absolute atomic E-state index is 0.325. The van der Waals surface area contributed by atoms with E-state index in [0.29, 0.717) is 11.3 Å². The van der Waals surface area contributed by atoms with Crippen molar-refractivity contribution in [3.8, 4) is 5.75 Å². The number of carbonyl (C=O) groups is 1. The third-order valence-electron chi connectivity index (χ3n) is 3.59. The van der Waals surface area contributed by atoms with E-state index in [9.17, 15) is 4.79 Å². The molecule has 0 aliphatic heterocycles. The molecule has 0 unspecified atom stereocenters. The topological polar surface area (TPSA) is 26.3 Å². The van der Waals surface area contributed by atoms with E-state index in [4.69, 9.17) is 4.74 Å². The predicted molar refractivity (Wildman–Crippen MR) is 83.0 cm³/mol. The smallest absolute Gasteiger partial charge is 0.343 e. The summed E-state index contributed by atoms with van der Waals surface area (Å²) in [6.07, 6.45) is 7.91. The molecular formula is C19H17O2. The number of esters is 1. The van der Waals surface area contributed by atoms with Crippen LogP contribution in [0.25, 0.3) is 5.57 Å². The van der Waals surface area contributed by atoms with Gasteiger partial charge in [0.1, 0.15) is 5.75 Å². The second-order valence-electron chi connectivity index (χ2n) is 5.15. The van der Waals surface area contributed by atoms with Crippen molar-refractivity contribution in [3.63, 3.8) is 0 Å².